The van der Waals surface area contributed by atoms with Gasteiger partial charge in [0.25, 0.3) is 0 Å². The van der Waals surface area contributed by atoms with Crippen molar-refractivity contribution in [3.8, 4) is 0 Å². The molecule has 1 aromatic rings. The van der Waals surface area contributed by atoms with Crippen LogP contribution in [0.5, 0.6) is 0 Å². The molecular weight excluding hydrogens is 399 g/mol. The van der Waals surface area contributed by atoms with E-state index in [2.05, 4.69) is 5.32 Å². The summed E-state index contributed by atoms with van der Waals surface area (Å²) in [5.41, 5.74) is 0.634. The Morgan fingerprint density at radius 1 is 1.28 bits per heavy atom. The Labute approximate surface area is 167 Å². The standard InChI is InChI=1S/C17H20Cl2N2O2S2/c1-2-14-16(23)21(17(24)25-14)9-5-3-4-6-15(22)20-11-7-8-12(18)13(19)10-11/h7-8,10,14H,2-6,9H2,1H3,(H,20,22). The highest BCUT2D eigenvalue weighted by Crippen LogP contribution is 2.29. The number of nitrogens with one attached hydrogen (secondary N) is 1. The second kappa shape index (κ2) is 9.76. The second-order valence-corrected chi connectivity index (χ2v) is 8.41. The molecule has 0 spiro atoms. The van der Waals surface area contributed by atoms with E-state index in [1.807, 2.05) is 6.92 Å². The molecule has 0 radical (unpaired) electrons. The van der Waals surface area contributed by atoms with Gasteiger partial charge in [-0.3, -0.25) is 14.5 Å². The topological polar surface area (TPSA) is 49.4 Å². The van der Waals surface area contributed by atoms with Gasteiger partial charge in [-0.15, -0.1) is 0 Å². The predicted octanol–water partition coefficient (Wildman–Crippen LogP) is 5.13. The lowest BCUT2D eigenvalue weighted by atomic mass is 10.1. The molecule has 2 rings (SSSR count). The van der Waals surface area contributed by atoms with E-state index < -0.39 is 0 Å². The van der Waals surface area contributed by atoms with Crippen molar-refractivity contribution in [3.05, 3.63) is 28.2 Å². The Balaban J connectivity index is 1.66. The summed E-state index contributed by atoms with van der Waals surface area (Å²) < 4.78 is 0.675. The molecule has 2 amide bonds. The third-order valence-electron chi connectivity index (χ3n) is 3.86. The molecule has 1 fully saturated rings. The summed E-state index contributed by atoms with van der Waals surface area (Å²) in [6.07, 6.45) is 3.68. The van der Waals surface area contributed by atoms with Crippen molar-refractivity contribution >= 4 is 69.0 Å². The smallest absolute Gasteiger partial charge is 0.241 e. The molecule has 1 aliphatic heterocycles. The van der Waals surface area contributed by atoms with Gasteiger partial charge in [-0.25, -0.2) is 0 Å². The average molecular weight is 419 g/mol. The minimum atomic E-state index is -0.0623. The zero-order valence-corrected chi connectivity index (χ0v) is 17.0. The van der Waals surface area contributed by atoms with Crippen LogP contribution in [0.25, 0.3) is 0 Å². The van der Waals surface area contributed by atoms with Crippen LogP contribution in [-0.2, 0) is 9.59 Å². The number of hydrogen-bond acceptors (Lipinski definition) is 4. The lowest BCUT2D eigenvalue weighted by Gasteiger charge is -2.15. The van der Waals surface area contributed by atoms with Gasteiger partial charge in [0.15, 0.2) is 0 Å². The van der Waals surface area contributed by atoms with Gasteiger partial charge in [-0.1, -0.05) is 60.5 Å². The van der Waals surface area contributed by atoms with Crippen LogP contribution < -0.4 is 5.32 Å². The van der Waals surface area contributed by atoms with Crippen molar-refractivity contribution in [1.29, 1.82) is 0 Å². The number of hydrogen-bond donors (Lipinski definition) is 1. The Kier molecular flexibility index (Phi) is 8.00. The number of amides is 2. The van der Waals surface area contributed by atoms with E-state index in [1.165, 1.54) is 11.8 Å². The third kappa shape index (κ3) is 5.84. The molecule has 0 saturated carbocycles. The fourth-order valence-electron chi connectivity index (χ4n) is 2.49. The van der Waals surface area contributed by atoms with Gasteiger partial charge in [0.2, 0.25) is 11.8 Å². The van der Waals surface area contributed by atoms with Gasteiger partial charge in [-0.05, 0) is 37.5 Å². The summed E-state index contributed by atoms with van der Waals surface area (Å²) in [6.45, 7) is 2.63. The fraction of sp³-hybridized carbons (Fsp3) is 0.471. The molecule has 1 aliphatic rings. The van der Waals surface area contributed by atoms with Crippen LogP contribution in [0.3, 0.4) is 0 Å². The fourth-order valence-corrected chi connectivity index (χ4v) is 4.26. The van der Waals surface area contributed by atoms with Crippen LogP contribution in [0.15, 0.2) is 18.2 Å². The van der Waals surface area contributed by atoms with Crippen molar-refractivity contribution in [2.24, 2.45) is 0 Å². The monoisotopic (exact) mass is 418 g/mol. The molecule has 0 aliphatic carbocycles. The highest BCUT2D eigenvalue weighted by Gasteiger charge is 2.34. The number of unbranched alkanes of at least 4 members (excludes halogenated alkanes) is 2. The highest BCUT2D eigenvalue weighted by molar-refractivity contribution is 8.24. The van der Waals surface area contributed by atoms with Crippen LogP contribution in [-0.4, -0.2) is 32.8 Å². The molecule has 1 saturated heterocycles. The van der Waals surface area contributed by atoms with Gasteiger partial charge >= 0.3 is 0 Å². The largest absolute Gasteiger partial charge is 0.326 e. The number of halogens is 2. The molecule has 1 heterocycles. The van der Waals surface area contributed by atoms with Crippen LogP contribution in [0.1, 0.15) is 39.0 Å². The summed E-state index contributed by atoms with van der Waals surface area (Å²) in [7, 11) is 0. The summed E-state index contributed by atoms with van der Waals surface area (Å²) in [4.78, 5) is 25.7. The molecule has 25 heavy (non-hydrogen) atoms. The van der Waals surface area contributed by atoms with Crippen molar-refractivity contribution in [3.63, 3.8) is 0 Å². The Hall–Kier alpha value is -0.820. The number of carbonyl (C=O) groups excluding carboxylic acids is 2. The van der Waals surface area contributed by atoms with Crippen molar-refractivity contribution in [2.45, 2.75) is 44.3 Å². The zero-order chi connectivity index (χ0) is 18.4. The number of carbonyl (C=O) groups is 2. The van der Waals surface area contributed by atoms with Crippen LogP contribution in [0.4, 0.5) is 5.69 Å². The lowest BCUT2D eigenvalue weighted by Crippen LogP contribution is -2.32. The molecule has 0 bridgehead atoms. The van der Waals surface area contributed by atoms with Gasteiger partial charge in [0.05, 0.1) is 15.3 Å². The quantitative estimate of drug-likeness (QED) is 0.469. The second-order valence-electron chi connectivity index (χ2n) is 5.76. The molecule has 136 valence electrons. The number of thioether (sulfide) groups is 1. The van der Waals surface area contributed by atoms with Crippen LogP contribution in [0, 0.1) is 0 Å². The molecule has 1 N–H and O–H groups in total. The molecule has 1 unspecified atom stereocenters. The number of thiocarbonyl (C=S) groups is 1. The van der Waals surface area contributed by atoms with E-state index in [0.29, 0.717) is 33.0 Å². The van der Waals surface area contributed by atoms with E-state index in [1.54, 1.807) is 23.1 Å². The van der Waals surface area contributed by atoms with Crippen molar-refractivity contribution in [1.82, 2.24) is 4.90 Å². The van der Waals surface area contributed by atoms with E-state index in [-0.39, 0.29) is 17.1 Å². The molecule has 4 nitrogen and oxygen atoms in total. The zero-order valence-electron chi connectivity index (χ0n) is 13.9. The first-order valence-corrected chi connectivity index (χ1v) is 10.2. The highest BCUT2D eigenvalue weighted by atomic mass is 35.5. The molecule has 8 heteroatoms. The number of rotatable bonds is 8. The number of benzene rings is 1. The number of nitrogens with zero attached hydrogens (tertiary/aromatic N) is 1. The maximum Gasteiger partial charge on any atom is 0.241 e. The number of anilines is 1. The van der Waals surface area contributed by atoms with Crippen molar-refractivity contribution in [2.75, 3.05) is 11.9 Å². The minimum absolute atomic E-state index is 0.0236. The third-order valence-corrected chi connectivity index (χ3v) is 6.35. The average Bonchev–Trinajstić information content (AvgIpc) is 2.85. The van der Waals surface area contributed by atoms with E-state index >= 15 is 0 Å². The normalized spacial score (nSPS) is 17.2. The van der Waals surface area contributed by atoms with Crippen molar-refractivity contribution < 1.29 is 9.59 Å². The minimum Gasteiger partial charge on any atom is -0.326 e. The van der Waals surface area contributed by atoms with Crippen LogP contribution >= 0.6 is 47.2 Å². The lowest BCUT2D eigenvalue weighted by molar-refractivity contribution is -0.126. The summed E-state index contributed by atoms with van der Waals surface area (Å²) >= 11 is 18.5. The predicted molar refractivity (Wildman–Crippen MR) is 110 cm³/mol. The molecular formula is C17H20Cl2N2O2S2. The van der Waals surface area contributed by atoms with Gasteiger partial charge in [0, 0.05) is 18.7 Å². The summed E-state index contributed by atoms with van der Waals surface area (Å²) in [5, 5.41) is 3.64. The van der Waals surface area contributed by atoms with Gasteiger partial charge in [0.1, 0.15) is 4.32 Å². The Bertz CT molecular complexity index is 670. The van der Waals surface area contributed by atoms with Crippen LogP contribution in [0.2, 0.25) is 10.0 Å². The van der Waals surface area contributed by atoms with Gasteiger partial charge in [-0.2, -0.15) is 0 Å². The molecule has 1 aromatic carbocycles. The summed E-state index contributed by atoms with van der Waals surface area (Å²) in [6, 6.07) is 4.99. The van der Waals surface area contributed by atoms with E-state index in [0.717, 1.165) is 25.7 Å². The Morgan fingerprint density at radius 2 is 2.04 bits per heavy atom. The van der Waals surface area contributed by atoms with E-state index in [9.17, 15) is 9.59 Å². The summed E-state index contributed by atoms with van der Waals surface area (Å²) in [5.74, 6) is 0.0580. The Morgan fingerprint density at radius 3 is 2.68 bits per heavy atom. The first-order chi connectivity index (χ1) is 11.9. The maximum absolute atomic E-state index is 12.1. The van der Waals surface area contributed by atoms with Gasteiger partial charge < -0.3 is 5.32 Å². The first kappa shape index (κ1) is 20.5. The molecule has 1 atom stereocenters. The SMILES string of the molecule is CCC1SC(=S)N(CCCCCC(=O)Nc2ccc(Cl)c(Cl)c2)C1=O. The first-order valence-electron chi connectivity index (χ1n) is 8.19. The molecule has 0 aromatic heterocycles. The van der Waals surface area contributed by atoms with E-state index in [4.69, 9.17) is 35.4 Å². The maximum atomic E-state index is 12.1.